The minimum Gasteiger partial charge on any atom is -0.389 e. The number of aliphatic hydroxyl groups is 1. The van der Waals surface area contributed by atoms with Crippen LogP contribution in [0.3, 0.4) is 0 Å². The number of carbonyl (C=O) groups is 1. The van der Waals surface area contributed by atoms with Crippen molar-refractivity contribution in [1.29, 1.82) is 0 Å². The molecule has 1 aromatic carbocycles. The highest BCUT2D eigenvalue weighted by Crippen LogP contribution is 2.28. The summed E-state index contributed by atoms with van der Waals surface area (Å²) >= 11 is 0. The predicted molar refractivity (Wildman–Crippen MR) is 72.7 cm³/mol. The lowest BCUT2D eigenvalue weighted by Gasteiger charge is -2.22. The fraction of sp³-hybridized carbons (Fsp3) is 0.533. The van der Waals surface area contributed by atoms with Crippen LogP contribution in [0.1, 0.15) is 47.2 Å². The largest absolute Gasteiger partial charge is 0.389 e. The van der Waals surface area contributed by atoms with Gasteiger partial charge in [-0.15, -0.1) is 0 Å². The van der Waals surface area contributed by atoms with Crippen LogP contribution in [0.4, 0.5) is 0 Å². The lowest BCUT2D eigenvalue weighted by atomic mass is 10.0. The van der Waals surface area contributed by atoms with Crippen LogP contribution in [0.15, 0.2) is 18.2 Å². The smallest absolute Gasteiger partial charge is 0.251 e. The molecule has 0 aromatic heterocycles. The van der Waals surface area contributed by atoms with Crippen LogP contribution in [0, 0.1) is 0 Å². The summed E-state index contributed by atoms with van der Waals surface area (Å²) in [5.41, 5.74) is 2.44. The van der Waals surface area contributed by atoms with E-state index in [0.717, 1.165) is 42.4 Å². The van der Waals surface area contributed by atoms with Crippen LogP contribution in [0.25, 0.3) is 0 Å². The van der Waals surface area contributed by atoms with Crippen LogP contribution < -0.4 is 10.6 Å². The topological polar surface area (TPSA) is 61.4 Å². The van der Waals surface area contributed by atoms with Crippen LogP contribution in [0.2, 0.25) is 0 Å². The standard InChI is InChI=1S/C15H20N2O2/c18-14-13-7-11(3-4-12(13)9-17-14)8-16-10-15(19)5-1-2-6-15/h3-4,7,16,19H,1-2,5-6,8-10H2,(H,17,18). The molecule has 4 nitrogen and oxygen atoms in total. The summed E-state index contributed by atoms with van der Waals surface area (Å²) in [5, 5.41) is 16.4. The molecule has 2 aliphatic rings. The third-order valence-electron chi connectivity index (χ3n) is 4.18. The van der Waals surface area contributed by atoms with Crippen molar-refractivity contribution in [3.8, 4) is 0 Å². The van der Waals surface area contributed by atoms with E-state index in [2.05, 4.69) is 10.6 Å². The van der Waals surface area contributed by atoms with Crippen molar-refractivity contribution in [3.05, 3.63) is 34.9 Å². The Bertz CT molecular complexity index is 493. The average molecular weight is 260 g/mol. The van der Waals surface area contributed by atoms with Gasteiger partial charge in [0.1, 0.15) is 0 Å². The third-order valence-corrected chi connectivity index (χ3v) is 4.18. The first-order valence-electron chi connectivity index (χ1n) is 6.99. The van der Waals surface area contributed by atoms with Crippen LogP contribution in [-0.2, 0) is 13.1 Å². The molecule has 0 radical (unpaired) electrons. The fourth-order valence-electron chi connectivity index (χ4n) is 3.02. The Morgan fingerprint density at radius 2 is 2.11 bits per heavy atom. The molecule has 0 bridgehead atoms. The summed E-state index contributed by atoms with van der Waals surface area (Å²) in [4.78, 5) is 11.6. The van der Waals surface area contributed by atoms with E-state index in [1.54, 1.807) is 0 Å². The van der Waals surface area contributed by atoms with Gasteiger partial charge in [0.05, 0.1) is 5.60 Å². The molecule has 19 heavy (non-hydrogen) atoms. The zero-order valence-electron chi connectivity index (χ0n) is 11.0. The summed E-state index contributed by atoms with van der Waals surface area (Å²) in [6.07, 6.45) is 4.04. The van der Waals surface area contributed by atoms with Crippen molar-refractivity contribution < 1.29 is 9.90 Å². The second-order valence-electron chi connectivity index (χ2n) is 5.71. The molecule has 1 aliphatic heterocycles. The maximum atomic E-state index is 11.6. The van der Waals surface area contributed by atoms with E-state index in [4.69, 9.17) is 0 Å². The lowest BCUT2D eigenvalue weighted by molar-refractivity contribution is 0.0474. The Hall–Kier alpha value is -1.39. The van der Waals surface area contributed by atoms with Gasteiger partial charge in [-0.2, -0.15) is 0 Å². The van der Waals surface area contributed by atoms with Crippen molar-refractivity contribution in [2.24, 2.45) is 0 Å². The first kappa shape index (κ1) is 12.6. The fourth-order valence-corrected chi connectivity index (χ4v) is 3.02. The minimum atomic E-state index is -0.520. The molecule has 1 saturated carbocycles. The highest BCUT2D eigenvalue weighted by molar-refractivity contribution is 5.98. The van der Waals surface area contributed by atoms with Gasteiger partial charge in [0.2, 0.25) is 0 Å². The molecule has 0 unspecified atom stereocenters. The van der Waals surface area contributed by atoms with Crippen molar-refractivity contribution >= 4 is 5.91 Å². The van der Waals surface area contributed by atoms with Crippen molar-refractivity contribution in [2.45, 2.75) is 44.4 Å². The second-order valence-corrected chi connectivity index (χ2v) is 5.71. The monoisotopic (exact) mass is 260 g/mol. The normalized spacial score (nSPS) is 20.4. The Kier molecular flexibility index (Phi) is 3.29. The van der Waals surface area contributed by atoms with Crippen molar-refractivity contribution in [3.63, 3.8) is 0 Å². The summed E-state index contributed by atoms with van der Waals surface area (Å²) in [5.74, 6) is 0.0197. The van der Waals surface area contributed by atoms with Gasteiger partial charge in [0.25, 0.3) is 5.91 Å². The number of fused-ring (bicyclic) bond motifs is 1. The van der Waals surface area contributed by atoms with Crippen LogP contribution in [0.5, 0.6) is 0 Å². The third kappa shape index (κ3) is 2.65. The quantitative estimate of drug-likeness (QED) is 0.765. The average Bonchev–Trinajstić information content (AvgIpc) is 2.98. The van der Waals surface area contributed by atoms with Crippen LogP contribution in [-0.4, -0.2) is 23.2 Å². The minimum absolute atomic E-state index is 0.0197. The number of nitrogens with one attached hydrogen (secondary N) is 2. The lowest BCUT2D eigenvalue weighted by Crippen LogP contribution is -2.37. The molecule has 0 saturated heterocycles. The first-order chi connectivity index (χ1) is 9.16. The Morgan fingerprint density at radius 3 is 2.89 bits per heavy atom. The predicted octanol–water partition coefficient (Wildman–Crippen LogP) is 1.32. The maximum absolute atomic E-state index is 11.6. The van der Waals surface area contributed by atoms with Crippen molar-refractivity contribution in [2.75, 3.05) is 6.54 Å². The van der Waals surface area contributed by atoms with Gasteiger partial charge in [-0.05, 0) is 30.0 Å². The summed E-state index contributed by atoms with van der Waals surface area (Å²) in [7, 11) is 0. The molecule has 3 N–H and O–H groups in total. The Labute approximate surface area is 113 Å². The number of hydrogen-bond acceptors (Lipinski definition) is 3. The molecule has 4 heteroatoms. The molecule has 0 spiro atoms. The summed E-state index contributed by atoms with van der Waals surface area (Å²) < 4.78 is 0. The zero-order chi connectivity index (χ0) is 13.3. The van der Waals surface area contributed by atoms with Gasteiger partial charge >= 0.3 is 0 Å². The second kappa shape index (κ2) is 4.94. The van der Waals surface area contributed by atoms with E-state index in [0.29, 0.717) is 19.6 Å². The van der Waals surface area contributed by atoms with Gasteiger partial charge < -0.3 is 15.7 Å². The highest BCUT2D eigenvalue weighted by Gasteiger charge is 2.30. The molecule has 1 heterocycles. The Morgan fingerprint density at radius 1 is 1.32 bits per heavy atom. The molecular weight excluding hydrogens is 240 g/mol. The van der Waals surface area contributed by atoms with Gasteiger partial charge in [-0.1, -0.05) is 25.0 Å². The summed E-state index contributed by atoms with van der Waals surface area (Å²) in [6.45, 7) is 1.97. The molecule has 102 valence electrons. The van der Waals surface area contributed by atoms with E-state index < -0.39 is 5.60 Å². The molecule has 1 aromatic rings. The number of carbonyl (C=O) groups excluding carboxylic acids is 1. The highest BCUT2D eigenvalue weighted by atomic mass is 16.3. The van der Waals surface area contributed by atoms with Gasteiger partial charge in [0.15, 0.2) is 0 Å². The van der Waals surface area contributed by atoms with E-state index >= 15 is 0 Å². The molecule has 1 aliphatic carbocycles. The molecule has 3 rings (SSSR count). The number of benzene rings is 1. The SMILES string of the molecule is O=C1NCc2ccc(CNCC3(O)CCCC3)cc21. The number of amides is 1. The van der Waals surface area contributed by atoms with Crippen LogP contribution >= 0.6 is 0 Å². The van der Waals surface area contributed by atoms with Crippen molar-refractivity contribution in [1.82, 2.24) is 10.6 Å². The molecule has 1 fully saturated rings. The zero-order valence-corrected chi connectivity index (χ0v) is 11.0. The number of hydrogen-bond donors (Lipinski definition) is 3. The van der Waals surface area contributed by atoms with Gasteiger partial charge in [-0.3, -0.25) is 4.79 Å². The molecule has 1 amide bonds. The maximum Gasteiger partial charge on any atom is 0.251 e. The van der Waals surface area contributed by atoms with Gasteiger partial charge in [0, 0.05) is 25.2 Å². The first-order valence-corrected chi connectivity index (χ1v) is 6.99. The molecular formula is C15H20N2O2. The Balaban J connectivity index is 1.59. The number of rotatable bonds is 4. The van der Waals surface area contributed by atoms with E-state index in [-0.39, 0.29) is 5.91 Å². The summed E-state index contributed by atoms with van der Waals surface area (Å²) in [6, 6.07) is 6.00. The van der Waals surface area contributed by atoms with Gasteiger partial charge in [-0.25, -0.2) is 0 Å². The van der Waals surface area contributed by atoms with E-state index in [1.807, 2.05) is 18.2 Å². The molecule has 0 atom stereocenters. The van der Waals surface area contributed by atoms with E-state index in [1.165, 1.54) is 0 Å². The van der Waals surface area contributed by atoms with E-state index in [9.17, 15) is 9.90 Å².